The molecule has 1 aromatic rings. The normalized spacial score (nSPS) is 10.7. The van der Waals surface area contributed by atoms with Gasteiger partial charge >= 0.3 is 0 Å². The summed E-state index contributed by atoms with van der Waals surface area (Å²) in [5.74, 6) is 0.0982. The van der Waals surface area contributed by atoms with Gasteiger partial charge in [-0.1, -0.05) is 19.1 Å². The van der Waals surface area contributed by atoms with Crippen LogP contribution in [0.4, 0.5) is 0 Å². The largest absolute Gasteiger partial charge is 0.336 e. The molecule has 2 N–H and O–H groups in total. The van der Waals surface area contributed by atoms with Crippen LogP contribution in [-0.4, -0.2) is 29.9 Å². The van der Waals surface area contributed by atoms with Gasteiger partial charge in [0.1, 0.15) is 0 Å². The molecule has 1 rings (SSSR count). The van der Waals surface area contributed by atoms with Crippen LogP contribution in [0, 0.1) is 0 Å². The molecule has 3 heteroatoms. The molecule has 1 amide bonds. The molecule has 0 aliphatic carbocycles. The predicted octanol–water partition coefficient (Wildman–Crippen LogP) is 2.45. The second-order valence-corrected chi connectivity index (χ2v) is 4.79. The lowest BCUT2D eigenvalue weighted by Crippen LogP contribution is -2.38. The third-order valence-corrected chi connectivity index (χ3v) is 3.10. The quantitative estimate of drug-likeness (QED) is 0.840. The van der Waals surface area contributed by atoms with Gasteiger partial charge in [-0.25, -0.2) is 0 Å². The average molecular weight is 248 g/mol. The number of amides is 1. The van der Waals surface area contributed by atoms with E-state index in [0.717, 1.165) is 24.9 Å². The van der Waals surface area contributed by atoms with E-state index in [9.17, 15) is 4.79 Å². The maximum atomic E-state index is 12.4. The number of carbonyl (C=O) groups excluding carboxylic acids is 1. The number of hydrogen-bond acceptors (Lipinski definition) is 2. The molecule has 0 radical (unpaired) electrons. The smallest absolute Gasteiger partial charge is 0.254 e. The van der Waals surface area contributed by atoms with Gasteiger partial charge in [-0.3, -0.25) is 4.79 Å². The van der Waals surface area contributed by atoms with Crippen molar-refractivity contribution in [3.05, 3.63) is 35.4 Å². The maximum Gasteiger partial charge on any atom is 0.254 e. The Morgan fingerprint density at radius 1 is 1.28 bits per heavy atom. The highest BCUT2D eigenvalue weighted by molar-refractivity contribution is 5.94. The van der Waals surface area contributed by atoms with Gasteiger partial charge in [0, 0.05) is 18.2 Å². The zero-order valence-corrected chi connectivity index (χ0v) is 11.6. The van der Waals surface area contributed by atoms with Crippen LogP contribution in [0.25, 0.3) is 0 Å². The minimum absolute atomic E-state index is 0.0982. The van der Waals surface area contributed by atoms with E-state index in [1.54, 1.807) is 0 Å². The van der Waals surface area contributed by atoms with Crippen molar-refractivity contribution >= 4 is 5.91 Å². The first-order valence-electron chi connectivity index (χ1n) is 6.70. The van der Waals surface area contributed by atoms with E-state index in [0.29, 0.717) is 6.54 Å². The van der Waals surface area contributed by atoms with E-state index < -0.39 is 0 Å². The van der Waals surface area contributed by atoms with E-state index in [1.807, 2.05) is 43.0 Å². The first-order chi connectivity index (χ1) is 8.60. The maximum absolute atomic E-state index is 12.4. The molecular weight excluding hydrogens is 224 g/mol. The fourth-order valence-electron chi connectivity index (χ4n) is 1.90. The van der Waals surface area contributed by atoms with Gasteiger partial charge in [0.05, 0.1) is 0 Å². The monoisotopic (exact) mass is 248 g/mol. The lowest BCUT2D eigenvalue weighted by molar-refractivity contribution is 0.0705. The Bertz CT molecular complexity index is 371. The van der Waals surface area contributed by atoms with Crippen LogP contribution in [0.3, 0.4) is 0 Å². The lowest BCUT2D eigenvalue weighted by atomic mass is 10.1. The number of hydrogen-bond donors (Lipinski definition) is 1. The van der Waals surface area contributed by atoms with Gasteiger partial charge in [0.25, 0.3) is 5.91 Å². The van der Waals surface area contributed by atoms with Crippen molar-refractivity contribution in [1.29, 1.82) is 0 Å². The first-order valence-corrected chi connectivity index (χ1v) is 6.70. The fraction of sp³-hybridized carbons (Fsp3) is 0.533. The van der Waals surface area contributed by atoms with Gasteiger partial charge in [-0.15, -0.1) is 0 Å². The summed E-state index contributed by atoms with van der Waals surface area (Å²) in [7, 11) is 0. The minimum Gasteiger partial charge on any atom is -0.336 e. The van der Waals surface area contributed by atoms with Crippen molar-refractivity contribution in [2.75, 3.05) is 13.1 Å². The van der Waals surface area contributed by atoms with Crippen LogP contribution in [0.1, 0.15) is 43.1 Å². The molecule has 18 heavy (non-hydrogen) atoms. The Labute approximate surface area is 110 Å². The number of aryl methyl sites for hydroxylation is 1. The van der Waals surface area contributed by atoms with Crippen LogP contribution >= 0.6 is 0 Å². The van der Waals surface area contributed by atoms with E-state index in [4.69, 9.17) is 5.73 Å². The summed E-state index contributed by atoms with van der Waals surface area (Å²) < 4.78 is 0. The Morgan fingerprint density at radius 2 is 1.89 bits per heavy atom. The summed E-state index contributed by atoms with van der Waals surface area (Å²) in [6.45, 7) is 7.52. The molecule has 0 unspecified atom stereocenters. The topological polar surface area (TPSA) is 46.3 Å². The number of rotatable bonds is 6. The van der Waals surface area contributed by atoms with Crippen molar-refractivity contribution in [2.24, 2.45) is 5.73 Å². The number of nitrogens with zero attached hydrogens (tertiary/aromatic N) is 1. The summed E-state index contributed by atoms with van der Waals surface area (Å²) in [5, 5.41) is 0. The van der Waals surface area contributed by atoms with Crippen molar-refractivity contribution in [3.8, 4) is 0 Å². The summed E-state index contributed by atoms with van der Waals surface area (Å²) >= 11 is 0. The average Bonchev–Trinajstić information content (AvgIpc) is 2.38. The second-order valence-electron chi connectivity index (χ2n) is 4.79. The molecule has 0 bridgehead atoms. The Hall–Kier alpha value is -1.35. The highest BCUT2D eigenvalue weighted by Crippen LogP contribution is 2.11. The molecular formula is C15H24N2O. The highest BCUT2D eigenvalue weighted by atomic mass is 16.2. The zero-order chi connectivity index (χ0) is 13.5. The van der Waals surface area contributed by atoms with E-state index in [1.165, 1.54) is 5.56 Å². The van der Waals surface area contributed by atoms with E-state index in [-0.39, 0.29) is 11.9 Å². The van der Waals surface area contributed by atoms with E-state index >= 15 is 0 Å². The van der Waals surface area contributed by atoms with Gasteiger partial charge in [-0.2, -0.15) is 0 Å². The molecule has 0 spiro atoms. The Kier molecular flexibility index (Phi) is 5.86. The molecule has 0 aliphatic rings. The van der Waals surface area contributed by atoms with Gasteiger partial charge in [0.2, 0.25) is 0 Å². The Balaban J connectivity index is 2.80. The predicted molar refractivity (Wildman–Crippen MR) is 75.7 cm³/mol. The summed E-state index contributed by atoms with van der Waals surface area (Å²) in [4.78, 5) is 14.3. The molecule has 1 aromatic carbocycles. The molecule has 0 saturated heterocycles. The molecule has 3 nitrogen and oxygen atoms in total. The van der Waals surface area contributed by atoms with Crippen molar-refractivity contribution in [2.45, 2.75) is 39.7 Å². The van der Waals surface area contributed by atoms with Crippen molar-refractivity contribution in [1.82, 2.24) is 4.90 Å². The molecule has 0 fully saturated rings. The Morgan fingerprint density at radius 3 is 2.33 bits per heavy atom. The van der Waals surface area contributed by atoms with Gasteiger partial charge < -0.3 is 10.6 Å². The molecule has 100 valence electrons. The number of benzene rings is 1. The third kappa shape index (κ3) is 3.84. The van der Waals surface area contributed by atoms with E-state index in [2.05, 4.69) is 6.92 Å². The van der Waals surface area contributed by atoms with Gasteiger partial charge in [-0.05, 0) is 50.9 Å². The lowest BCUT2D eigenvalue weighted by Gasteiger charge is -2.26. The van der Waals surface area contributed by atoms with Crippen LogP contribution in [0.5, 0.6) is 0 Å². The second kappa shape index (κ2) is 7.17. The number of carbonyl (C=O) groups is 1. The summed E-state index contributed by atoms with van der Waals surface area (Å²) in [6, 6.07) is 8.08. The van der Waals surface area contributed by atoms with Gasteiger partial charge in [0.15, 0.2) is 0 Å². The zero-order valence-electron chi connectivity index (χ0n) is 11.6. The van der Waals surface area contributed by atoms with Crippen LogP contribution in [0.15, 0.2) is 24.3 Å². The molecule has 0 saturated carbocycles. The SMILES string of the molecule is CCc1ccc(C(=O)N(CCCN)C(C)C)cc1. The summed E-state index contributed by atoms with van der Waals surface area (Å²) in [5.41, 5.74) is 7.53. The molecule has 0 aliphatic heterocycles. The molecule has 0 atom stereocenters. The highest BCUT2D eigenvalue weighted by Gasteiger charge is 2.17. The molecule has 0 aromatic heterocycles. The van der Waals surface area contributed by atoms with Crippen LogP contribution in [0.2, 0.25) is 0 Å². The number of nitrogens with two attached hydrogens (primary N) is 1. The minimum atomic E-state index is 0.0982. The molecule has 0 heterocycles. The van der Waals surface area contributed by atoms with Crippen molar-refractivity contribution in [3.63, 3.8) is 0 Å². The van der Waals surface area contributed by atoms with Crippen molar-refractivity contribution < 1.29 is 4.79 Å². The van der Waals surface area contributed by atoms with Crippen LogP contribution < -0.4 is 5.73 Å². The third-order valence-electron chi connectivity index (χ3n) is 3.10. The first kappa shape index (κ1) is 14.7. The standard InChI is InChI=1S/C15H24N2O/c1-4-13-6-8-14(9-7-13)15(18)17(12(2)3)11-5-10-16/h6-9,12H,4-5,10-11,16H2,1-3H3. The fourth-order valence-corrected chi connectivity index (χ4v) is 1.90. The summed E-state index contributed by atoms with van der Waals surface area (Å²) in [6.07, 6.45) is 1.84. The van der Waals surface area contributed by atoms with Crippen LogP contribution in [-0.2, 0) is 6.42 Å².